The van der Waals surface area contributed by atoms with Crippen molar-refractivity contribution in [3.63, 3.8) is 0 Å². The zero-order chi connectivity index (χ0) is 12.8. The highest BCUT2D eigenvalue weighted by Gasteiger charge is 2.06. The van der Waals surface area contributed by atoms with Crippen LogP contribution in [-0.2, 0) is 17.8 Å². The summed E-state index contributed by atoms with van der Waals surface area (Å²) < 4.78 is 8.33. The van der Waals surface area contributed by atoms with Crippen molar-refractivity contribution >= 4 is 27.3 Å². The van der Waals surface area contributed by atoms with Gasteiger partial charge < -0.3 is 14.6 Å². The van der Waals surface area contributed by atoms with E-state index in [1.165, 1.54) is 9.35 Å². The van der Waals surface area contributed by atoms with E-state index in [1.54, 1.807) is 18.4 Å². The van der Waals surface area contributed by atoms with E-state index in [0.717, 1.165) is 32.1 Å². The van der Waals surface area contributed by atoms with Crippen LogP contribution in [0.2, 0.25) is 0 Å². The molecule has 0 fully saturated rings. The van der Waals surface area contributed by atoms with Gasteiger partial charge in [-0.1, -0.05) is 0 Å². The molecule has 2 heterocycles. The summed E-state index contributed by atoms with van der Waals surface area (Å²) in [6, 6.07) is 2.08. The molecule has 0 spiro atoms. The highest BCUT2D eigenvalue weighted by atomic mass is 79.9. The van der Waals surface area contributed by atoms with E-state index in [4.69, 9.17) is 4.74 Å². The summed E-state index contributed by atoms with van der Waals surface area (Å²) in [7, 11) is 1.71. The highest BCUT2D eigenvalue weighted by Crippen LogP contribution is 2.23. The molecule has 0 unspecified atom stereocenters. The van der Waals surface area contributed by atoms with E-state index >= 15 is 0 Å². The first-order valence-electron chi connectivity index (χ1n) is 5.73. The van der Waals surface area contributed by atoms with Crippen molar-refractivity contribution in [3.8, 4) is 0 Å². The molecule has 6 heteroatoms. The molecule has 0 saturated heterocycles. The Labute approximate surface area is 119 Å². The van der Waals surface area contributed by atoms with Crippen LogP contribution >= 0.6 is 27.3 Å². The van der Waals surface area contributed by atoms with E-state index in [-0.39, 0.29) is 0 Å². The molecule has 1 N–H and O–H groups in total. The van der Waals surface area contributed by atoms with Crippen LogP contribution in [0.15, 0.2) is 28.3 Å². The lowest BCUT2D eigenvalue weighted by atomic mass is 10.4. The van der Waals surface area contributed by atoms with Crippen LogP contribution in [0.5, 0.6) is 0 Å². The molecule has 98 valence electrons. The smallest absolute Gasteiger partial charge is 0.122 e. The van der Waals surface area contributed by atoms with Gasteiger partial charge in [-0.2, -0.15) is 0 Å². The normalized spacial score (nSPS) is 11.0. The number of ether oxygens (including phenoxy) is 1. The maximum Gasteiger partial charge on any atom is 0.122 e. The molecule has 0 aliphatic heterocycles. The number of imidazole rings is 1. The Hall–Kier alpha value is -0.690. The molecule has 2 rings (SSSR count). The Morgan fingerprint density at radius 1 is 1.56 bits per heavy atom. The minimum Gasteiger partial charge on any atom is -0.383 e. The maximum atomic E-state index is 5.00. The van der Waals surface area contributed by atoms with Gasteiger partial charge in [-0.3, -0.25) is 0 Å². The quantitative estimate of drug-likeness (QED) is 0.793. The first-order chi connectivity index (χ1) is 8.81. The molecule has 0 atom stereocenters. The van der Waals surface area contributed by atoms with Crippen molar-refractivity contribution in [1.29, 1.82) is 0 Å². The Bertz CT molecular complexity index is 483. The molecule has 2 aromatic rings. The molecular weight excluding hydrogens is 314 g/mol. The SMILES string of the molecule is COCCNCc1nccn1Cc1sccc1Br. The van der Waals surface area contributed by atoms with Crippen molar-refractivity contribution in [2.75, 3.05) is 20.3 Å². The zero-order valence-corrected chi connectivity index (χ0v) is 12.6. The second-order valence-corrected chi connectivity index (χ2v) is 5.69. The van der Waals surface area contributed by atoms with Gasteiger partial charge in [0.2, 0.25) is 0 Å². The van der Waals surface area contributed by atoms with Crippen LogP contribution in [0.4, 0.5) is 0 Å². The van der Waals surface area contributed by atoms with Crippen LogP contribution in [0.1, 0.15) is 10.7 Å². The van der Waals surface area contributed by atoms with Gasteiger partial charge in [-0.25, -0.2) is 4.98 Å². The standard InChI is InChI=1S/C12H16BrN3OS/c1-17-6-4-14-8-12-15-3-5-16(12)9-11-10(13)2-7-18-11/h2-3,5,7,14H,4,6,8-9H2,1H3. The molecule has 0 radical (unpaired) electrons. The van der Waals surface area contributed by atoms with E-state index in [0.29, 0.717) is 0 Å². The average Bonchev–Trinajstić information content (AvgIpc) is 2.96. The molecule has 0 aromatic carbocycles. The van der Waals surface area contributed by atoms with E-state index in [2.05, 4.69) is 42.2 Å². The fourth-order valence-corrected chi connectivity index (χ4v) is 3.09. The van der Waals surface area contributed by atoms with Crippen LogP contribution < -0.4 is 5.32 Å². The van der Waals surface area contributed by atoms with Gasteiger partial charge >= 0.3 is 0 Å². The number of nitrogens with zero attached hydrogens (tertiary/aromatic N) is 2. The lowest BCUT2D eigenvalue weighted by Gasteiger charge is -2.08. The van der Waals surface area contributed by atoms with Crippen molar-refractivity contribution in [1.82, 2.24) is 14.9 Å². The second-order valence-electron chi connectivity index (χ2n) is 3.83. The minimum atomic E-state index is 0.719. The number of hydrogen-bond donors (Lipinski definition) is 1. The Morgan fingerprint density at radius 3 is 3.17 bits per heavy atom. The van der Waals surface area contributed by atoms with Crippen molar-refractivity contribution in [3.05, 3.63) is 39.0 Å². The zero-order valence-electron chi connectivity index (χ0n) is 10.2. The number of methoxy groups -OCH3 is 1. The second kappa shape index (κ2) is 7.04. The summed E-state index contributed by atoms with van der Waals surface area (Å²) in [6.45, 7) is 3.18. The van der Waals surface area contributed by atoms with Crippen molar-refractivity contribution < 1.29 is 4.74 Å². The summed E-state index contributed by atoms with van der Waals surface area (Å²) in [6.07, 6.45) is 3.86. The van der Waals surface area contributed by atoms with Crippen molar-refractivity contribution in [2.45, 2.75) is 13.1 Å². The van der Waals surface area contributed by atoms with Crippen LogP contribution in [-0.4, -0.2) is 29.8 Å². The number of aromatic nitrogens is 2. The van der Waals surface area contributed by atoms with Crippen LogP contribution in [0, 0.1) is 0 Å². The third-order valence-electron chi connectivity index (χ3n) is 2.57. The Kier molecular flexibility index (Phi) is 5.37. The number of hydrogen-bond acceptors (Lipinski definition) is 4. The first kappa shape index (κ1) is 13.7. The fraction of sp³-hybridized carbons (Fsp3) is 0.417. The van der Waals surface area contributed by atoms with Crippen molar-refractivity contribution in [2.24, 2.45) is 0 Å². The number of nitrogens with one attached hydrogen (secondary N) is 1. The third kappa shape index (κ3) is 3.65. The summed E-state index contributed by atoms with van der Waals surface area (Å²) in [4.78, 5) is 5.68. The van der Waals surface area contributed by atoms with Gasteiger partial charge in [0.15, 0.2) is 0 Å². The predicted octanol–water partition coefficient (Wildman–Crippen LogP) is 2.49. The monoisotopic (exact) mass is 329 g/mol. The number of thiophene rings is 1. The van der Waals surface area contributed by atoms with E-state index in [1.807, 2.05) is 12.4 Å². The predicted molar refractivity (Wildman–Crippen MR) is 76.9 cm³/mol. The minimum absolute atomic E-state index is 0.719. The van der Waals surface area contributed by atoms with E-state index in [9.17, 15) is 0 Å². The summed E-state index contributed by atoms with van der Waals surface area (Å²) >= 11 is 5.31. The van der Waals surface area contributed by atoms with Gasteiger partial charge in [0.25, 0.3) is 0 Å². The molecule has 4 nitrogen and oxygen atoms in total. The third-order valence-corrected chi connectivity index (χ3v) is 4.48. The summed E-state index contributed by atoms with van der Waals surface area (Å²) in [5.41, 5.74) is 0. The molecule has 0 amide bonds. The average molecular weight is 330 g/mol. The molecule has 18 heavy (non-hydrogen) atoms. The number of rotatable bonds is 7. The lowest BCUT2D eigenvalue weighted by Crippen LogP contribution is -2.21. The maximum absolute atomic E-state index is 5.00. The van der Waals surface area contributed by atoms with Gasteiger partial charge in [-0.05, 0) is 27.4 Å². The van der Waals surface area contributed by atoms with Gasteiger partial charge in [0, 0.05) is 35.4 Å². The molecule has 0 aliphatic rings. The number of halogens is 1. The van der Waals surface area contributed by atoms with E-state index < -0.39 is 0 Å². The Morgan fingerprint density at radius 2 is 2.44 bits per heavy atom. The molecule has 0 aliphatic carbocycles. The lowest BCUT2D eigenvalue weighted by molar-refractivity contribution is 0.199. The summed E-state index contributed by atoms with van der Waals surface area (Å²) in [5.74, 6) is 1.05. The first-order valence-corrected chi connectivity index (χ1v) is 7.40. The fourth-order valence-electron chi connectivity index (χ4n) is 1.62. The van der Waals surface area contributed by atoms with Gasteiger partial charge in [0.1, 0.15) is 5.82 Å². The van der Waals surface area contributed by atoms with Crippen LogP contribution in [0.3, 0.4) is 0 Å². The molecule has 0 bridgehead atoms. The molecule has 2 aromatic heterocycles. The van der Waals surface area contributed by atoms with Crippen LogP contribution in [0.25, 0.3) is 0 Å². The van der Waals surface area contributed by atoms with Gasteiger partial charge in [-0.15, -0.1) is 11.3 Å². The molecule has 0 saturated carbocycles. The van der Waals surface area contributed by atoms with Gasteiger partial charge in [0.05, 0.1) is 19.7 Å². The highest BCUT2D eigenvalue weighted by molar-refractivity contribution is 9.10. The Balaban J connectivity index is 1.93. The summed E-state index contributed by atoms with van der Waals surface area (Å²) in [5, 5.41) is 5.40. The molecular formula is C12H16BrN3OS. The topological polar surface area (TPSA) is 39.1 Å². The largest absolute Gasteiger partial charge is 0.383 e.